The van der Waals surface area contributed by atoms with Gasteiger partial charge in [0, 0.05) is 23.5 Å². The lowest BCUT2D eigenvalue weighted by molar-refractivity contribution is -0.143. The number of carbonyl (C=O) groups is 2. The summed E-state index contributed by atoms with van der Waals surface area (Å²) >= 11 is 3.42. The maximum atomic E-state index is 13.8. The Hall–Kier alpha value is -3.12. The molecule has 1 saturated carbocycles. The van der Waals surface area contributed by atoms with Crippen LogP contribution in [0.5, 0.6) is 5.75 Å². The second-order valence-electron chi connectivity index (χ2n) is 9.80. The lowest BCUT2D eigenvalue weighted by atomic mass is 9.94. The van der Waals surface area contributed by atoms with Crippen LogP contribution in [-0.4, -0.2) is 35.4 Å². The highest BCUT2D eigenvalue weighted by atomic mass is 79.9. The zero-order chi connectivity index (χ0) is 26.0. The molecule has 6 heteroatoms. The van der Waals surface area contributed by atoms with Crippen molar-refractivity contribution in [1.29, 1.82) is 0 Å². The summed E-state index contributed by atoms with van der Waals surface area (Å²) in [6, 6.07) is 24.9. The summed E-state index contributed by atoms with van der Waals surface area (Å²) < 4.78 is 6.79. The molecule has 0 radical (unpaired) electrons. The third-order valence-electron chi connectivity index (χ3n) is 6.83. The van der Waals surface area contributed by atoms with Crippen molar-refractivity contribution in [1.82, 2.24) is 10.2 Å². The Morgan fingerprint density at radius 2 is 1.65 bits per heavy atom. The molecule has 0 heterocycles. The molecule has 0 saturated heterocycles. The Morgan fingerprint density at radius 1 is 0.946 bits per heavy atom. The number of nitrogens with one attached hydrogen (secondary N) is 1. The van der Waals surface area contributed by atoms with Gasteiger partial charge in [-0.2, -0.15) is 0 Å². The zero-order valence-corrected chi connectivity index (χ0v) is 23.0. The van der Waals surface area contributed by atoms with Crippen LogP contribution in [0.25, 0.3) is 0 Å². The van der Waals surface area contributed by atoms with E-state index in [1.165, 1.54) is 6.42 Å². The van der Waals surface area contributed by atoms with Crippen molar-refractivity contribution in [2.45, 2.75) is 64.1 Å². The van der Waals surface area contributed by atoms with Gasteiger partial charge >= 0.3 is 0 Å². The Bertz CT molecular complexity index is 1160. The van der Waals surface area contributed by atoms with E-state index in [0.29, 0.717) is 18.7 Å². The second-order valence-corrected chi connectivity index (χ2v) is 10.7. The SMILES string of the molecule is Cc1cccc(CN(C(=O)COc2ccc(Br)cc2)[C@@H](Cc2ccccc2)C(=O)NC2CCCCC2)c1. The van der Waals surface area contributed by atoms with Crippen LogP contribution in [0, 0.1) is 6.92 Å². The fraction of sp³-hybridized carbons (Fsp3) is 0.355. The highest BCUT2D eigenvalue weighted by Crippen LogP contribution is 2.21. The number of benzene rings is 3. The van der Waals surface area contributed by atoms with E-state index in [1.807, 2.05) is 79.7 Å². The molecule has 1 atom stereocenters. The van der Waals surface area contributed by atoms with Crippen LogP contribution in [0.2, 0.25) is 0 Å². The lowest BCUT2D eigenvalue weighted by Crippen LogP contribution is -2.53. The molecule has 1 fully saturated rings. The molecule has 0 aliphatic heterocycles. The number of rotatable bonds is 10. The summed E-state index contributed by atoms with van der Waals surface area (Å²) in [6.45, 7) is 2.22. The van der Waals surface area contributed by atoms with Crippen molar-refractivity contribution >= 4 is 27.7 Å². The molecular weight excluding hydrogens is 528 g/mol. The summed E-state index contributed by atoms with van der Waals surface area (Å²) in [6.07, 6.45) is 5.88. The van der Waals surface area contributed by atoms with Gasteiger partial charge in [0.2, 0.25) is 5.91 Å². The highest BCUT2D eigenvalue weighted by molar-refractivity contribution is 9.10. The van der Waals surface area contributed by atoms with Crippen molar-refractivity contribution in [2.75, 3.05) is 6.61 Å². The molecule has 1 aliphatic rings. The molecule has 3 aromatic carbocycles. The fourth-order valence-corrected chi connectivity index (χ4v) is 5.13. The van der Waals surface area contributed by atoms with Crippen LogP contribution in [0.1, 0.15) is 48.8 Å². The average Bonchev–Trinajstić information content (AvgIpc) is 2.91. The Balaban J connectivity index is 1.60. The molecule has 0 bridgehead atoms. The van der Waals surface area contributed by atoms with Gasteiger partial charge in [-0.05, 0) is 55.2 Å². The van der Waals surface area contributed by atoms with Crippen LogP contribution in [0.15, 0.2) is 83.3 Å². The number of aryl methyl sites for hydroxylation is 1. The van der Waals surface area contributed by atoms with E-state index < -0.39 is 6.04 Å². The number of hydrogen-bond acceptors (Lipinski definition) is 3. The Kier molecular flexibility index (Phi) is 9.78. The second kappa shape index (κ2) is 13.4. The van der Waals surface area contributed by atoms with E-state index in [9.17, 15) is 9.59 Å². The largest absolute Gasteiger partial charge is 0.484 e. The molecule has 194 valence electrons. The minimum absolute atomic E-state index is 0.0969. The van der Waals surface area contributed by atoms with Gasteiger partial charge in [-0.15, -0.1) is 0 Å². The monoisotopic (exact) mass is 562 g/mol. The standard InChI is InChI=1S/C31H35BrN2O3/c1-23-9-8-12-25(19-23)21-34(30(35)22-37-28-17-15-26(32)16-18-28)29(20-24-10-4-2-5-11-24)31(36)33-27-13-6-3-7-14-27/h2,4-5,8-12,15-19,27,29H,3,6-7,13-14,20-22H2,1H3,(H,33,36)/t29-/m0/s1. The first-order chi connectivity index (χ1) is 18.0. The highest BCUT2D eigenvalue weighted by Gasteiger charge is 2.32. The van der Waals surface area contributed by atoms with Crippen LogP contribution < -0.4 is 10.1 Å². The van der Waals surface area contributed by atoms with Gasteiger partial charge in [0.25, 0.3) is 5.91 Å². The molecular formula is C31H35BrN2O3. The van der Waals surface area contributed by atoms with Crippen molar-refractivity contribution in [3.05, 3.63) is 100 Å². The number of ether oxygens (including phenoxy) is 1. The molecule has 1 aliphatic carbocycles. The number of halogens is 1. The molecule has 2 amide bonds. The summed E-state index contributed by atoms with van der Waals surface area (Å²) in [5.41, 5.74) is 3.12. The zero-order valence-electron chi connectivity index (χ0n) is 21.4. The topological polar surface area (TPSA) is 58.6 Å². The summed E-state index contributed by atoms with van der Waals surface area (Å²) in [4.78, 5) is 29.2. The Labute approximate surface area is 228 Å². The normalized spacial score (nSPS) is 14.5. The molecule has 3 aromatic rings. The lowest BCUT2D eigenvalue weighted by Gasteiger charge is -2.33. The third kappa shape index (κ3) is 8.19. The summed E-state index contributed by atoms with van der Waals surface area (Å²) in [7, 11) is 0. The predicted octanol–water partition coefficient (Wildman–Crippen LogP) is 6.23. The first-order valence-corrected chi connectivity index (χ1v) is 13.8. The van der Waals surface area contributed by atoms with Gasteiger partial charge in [0.1, 0.15) is 11.8 Å². The van der Waals surface area contributed by atoms with E-state index in [1.54, 1.807) is 4.90 Å². The van der Waals surface area contributed by atoms with Gasteiger partial charge in [-0.3, -0.25) is 9.59 Å². The maximum absolute atomic E-state index is 13.8. The minimum atomic E-state index is -0.647. The van der Waals surface area contributed by atoms with Crippen LogP contribution in [0.3, 0.4) is 0 Å². The fourth-order valence-electron chi connectivity index (χ4n) is 4.86. The van der Waals surface area contributed by atoms with Crippen molar-refractivity contribution in [3.8, 4) is 5.75 Å². The smallest absolute Gasteiger partial charge is 0.261 e. The first kappa shape index (κ1) is 26.9. The van der Waals surface area contributed by atoms with E-state index in [-0.39, 0.29) is 24.5 Å². The van der Waals surface area contributed by atoms with Gasteiger partial charge in [-0.1, -0.05) is 95.4 Å². The molecule has 0 unspecified atom stereocenters. The maximum Gasteiger partial charge on any atom is 0.261 e. The van der Waals surface area contributed by atoms with Crippen LogP contribution in [0.4, 0.5) is 0 Å². The number of nitrogens with zero attached hydrogens (tertiary/aromatic N) is 1. The molecule has 5 nitrogen and oxygen atoms in total. The van der Waals surface area contributed by atoms with Gasteiger partial charge < -0.3 is 15.0 Å². The quantitative estimate of drug-likeness (QED) is 0.319. The van der Waals surface area contributed by atoms with E-state index in [2.05, 4.69) is 27.3 Å². The molecule has 4 rings (SSSR count). The van der Waals surface area contributed by atoms with E-state index in [0.717, 1.165) is 46.8 Å². The average molecular weight is 564 g/mol. The van der Waals surface area contributed by atoms with E-state index >= 15 is 0 Å². The summed E-state index contributed by atoms with van der Waals surface area (Å²) in [5, 5.41) is 3.27. The molecule has 37 heavy (non-hydrogen) atoms. The predicted molar refractivity (Wildman–Crippen MR) is 150 cm³/mol. The molecule has 1 N–H and O–H groups in total. The van der Waals surface area contributed by atoms with Crippen molar-refractivity contribution < 1.29 is 14.3 Å². The number of hydrogen-bond donors (Lipinski definition) is 1. The Morgan fingerprint density at radius 3 is 2.35 bits per heavy atom. The summed E-state index contributed by atoms with van der Waals surface area (Å²) in [5.74, 6) is 0.294. The van der Waals surface area contributed by atoms with Crippen LogP contribution >= 0.6 is 15.9 Å². The molecule has 0 spiro atoms. The first-order valence-electron chi connectivity index (χ1n) is 13.1. The number of amides is 2. The van der Waals surface area contributed by atoms with Crippen molar-refractivity contribution in [3.63, 3.8) is 0 Å². The van der Waals surface area contributed by atoms with Gasteiger partial charge in [0.15, 0.2) is 6.61 Å². The number of carbonyl (C=O) groups excluding carboxylic acids is 2. The van der Waals surface area contributed by atoms with Crippen LogP contribution in [-0.2, 0) is 22.6 Å². The van der Waals surface area contributed by atoms with Gasteiger partial charge in [0.05, 0.1) is 0 Å². The third-order valence-corrected chi connectivity index (χ3v) is 7.36. The van der Waals surface area contributed by atoms with Crippen molar-refractivity contribution in [2.24, 2.45) is 0 Å². The minimum Gasteiger partial charge on any atom is -0.484 e. The van der Waals surface area contributed by atoms with E-state index in [4.69, 9.17) is 4.74 Å². The van der Waals surface area contributed by atoms with Gasteiger partial charge in [-0.25, -0.2) is 0 Å². The molecule has 0 aromatic heterocycles.